The van der Waals surface area contributed by atoms with Crippen molar-refractivity contribution < 1.29 is 19.5 Å². The van der Waals surface area contributed by atoms with E-state index in [0.717, 1.165) is 0 Å². The van der Waals surface area contributed by atoms with Crippen LogP contribution in [0.1, 0.15) is 17.9 Å². The fourth-order valence-electron chi connectivity index (χ4n) is 2.52. The quantitative estimate of drug-likeness (QED) is 0.851. The third-order valence-corrected chi connectivity index (χ3v) is 3.49. The molecule has 1 aliphatic rings. The second-order valence-electron chi connectivity index (χ2n) is 4.99. The molecule has 0 radical (unpaired) electrons. The van der Waals surface area contributed by atoms with Crippen LogP contribution in [0.25, 0.3) is 0 Å². The number of para-hydroxylation sites is 1. The topological polar surface area (TPSA) is 104 Å². The molecule has 3 N–H and O–H groups in total. The van der Waals surface area contributed by atoms with Gasteiger partial charge >= 0.3 is 12.0 Å². The molecular weight excluding hydrogens is 274 g/mol. The van der Waals surface area contributed by atoms with Crippen LogP contribution in [0.2, 0.25) is 0 Å². The summed E-state index contributed by atoms with van der Waals surface area (Å²) >= 11 is 0. The number of carbonyl (C=O) groups is 3. The lowest BCUT2D eigenvalue weighted by Crippen LogP contribution is -2.47. The fraction of sp³-hybridized carbons (Fsp3) is 0.357. The number of rotatable bonds is 3. The maximum Gasteiger partial charge on any atom is 0.324 e. The van der Waals surface area contributed by atoms with Gasteiger partial charge in [-0.05, 0) is 18.1 Å². The smallest absolute Gasteiger partial charge is 0.324 e. The average Bonchev–Trinajstić information content (AvgIpc) is 2.44. The molecule has 0 fully saturated rings. The molecule has 1 aliphatic heterocycles. The summed E-state index contributed by atoms with van der Waals surface area (Å²) in [5, 5.41) is 9.26. The molecule has 1 unspecified atom stereocenters. The number of hydrogen-bond acceptors (Lipinski definition) is 3. The number of benzene rings is 1. The minimum atomic E-state index is -0.903. The highest BCUT2D eigenvalue weighted by molar-refractivity contribution is 5.96. The first kappa shape index (κ1) is 14.8. The Morgan fingerprint density at radius 2 is 2.05 bits per heavy atom. The Morgan fingerprint density at radius 1 is 1.38 bits per heavy atom. The van der Waals surface area contributed by atoms with Gasteiger partial charge in [0, 0.05) is 19.3 Å². The van der Waals surface area contributed by atoms with Crippen LogP contribution in [0.4, 0.5) is 10.5 Å². The number of carboxylic acids is 1. The SMILES string of the molecule is CN(CC(N)=O)C(=O)N1CCC(C(=O)O)c2ccccc21. The van der Waals surface area contributed by atoms with Gasteiger partial charge in [-0.15, -0.1) is 0 Å². The summed E-state index contributed by atoms with van der Waals surface area (Å²) in [5.41, 5.74) is 6.26. The van der Waals surface area contributed by atoms with Crippen molar-refractivity contribution in [3.05, 3.63) is 29.8 Å². The predicted octanol–water partition coefficient (Wildman–Crippen LogP) is 0.602. The van der Waals surface area contributed by atoms with Crippen LogP contribution in [-0.2, 0) is 9.59 Å². The molecule has 1 atom stereocenters. The molecule has 0 bridgehead atoms. The molecule has 0 aliphatic carbocycles. The molecule has 1 aromatic carbocycles. The average molecular weight is 291 g/mol. The van der Waals surface area contributed by atoms with Gasteiger partial charge in [-0.2, -0.15) is 0 Å². The first-order chi connectivity index (χ1) is 9.91. The van der Waals surface area contributed by atoms with E-state index in [0.29, 0.717) is 17.7 Å². The third kappa shape index (κ3) is 2.96. The van der Waals surface area contributed by atoms with E-state index in [4.69, 9.17) is 5.73 Å². The van der Waals surface area contributed by atoms with Crippen LogP contribution in [0.3, 0.4) is 0 Å². The standard InChI is InChI=1S/C14H17N3O4/c1-16(8-12(15)18)14(21)17-7-6-10(13(19)20)9-4-2-3-5-11(9)17/h2-5,10H,6-8H2,1H3,(H2,15,18)(H,19,20). The van der Waals surface area contributed by atoms with Gasteiger partial charge in [-0.25, -0.2) is 4.79 Å². The lowest BCUT2D eigenvalue weighted by Gasteiger charge is -2.34. The number of urea groups is 1. The number of amides is 3. The summed E-state index contributed by atoms with van der Waals surface area (Å²) in [6, 6.07) is 6.54. The van der Waals surface area contributed by atoms with Crippen molar-refractivity contribution in [2.75, 3.05) is 25.0 Å². The summed E-state index contributed by atoms with van der Waals surface area (Å²) < 4.78 is 0. The molecule has 7 nitrogen and oxygen atoms in total. The zero-order valence-electron chi connectivity index (χ0n) is 11.7. The highest BCUT2D eigenvalue weighted by Crippen LogP contribution is 2.35. The number of fused-ring (bicyclic) bond motifs is 1. The molecule has 0 saturated carbocycles. The van der Waals surface area contributed by atoms with Gasteiger partial charge in [0.25, 0.3) is 0 Å². The van der Waals surface area contributed by atoms with Crippen molar-refractivity contribution in [1.29, 1.82) is 0 Å². The zero-order chi connectivity index (χ0) is 15.6. The molecule has 0 aromatic heterocycles. The van der Waals surface area contributed by atoms with Crippen LogP contribution in [0, 0.1) is 0 Å². The van der Waals surface area contributed by atoms with E-state index in [2.05, 4.69) is 0 Å². The number of aliphatic carboxylic acids is 1. The van der Waals surface area contributed by atoms with Gasteiger partial charge in [0.05, 0.1) is 5.92 Å². The van der Waals surface area contributed by atoms with E-state index in [-0.39, 0.29) is 19.1 Å². The molecule has 1 aromatic rings. The zero-order valence-corrected chi connectivity index (χ0v) is 11.7. The van der Waals surface area contributed by atoms with Crippen LogP contribution in [0.5, 0.6) is 0 Å². The number of primary amides is 1. The maximum atomic E-state index is 12.4. The van der Waals surface area contributed by atoms with Gasteiger partial charge in [0.15, 0.2) is 0 Å². The van der Waals surface area contributed by atoms with Gasteiger partial charge in [-0.1, -0.05) is 18.2 Å². The first-order valence-electron chi connectivity index (χ1n) is 6.54. The minimum Gasteiger partial charge on any atom is -0.481 e. The molecule has 0 spiro atoms. The second-order valence-corrected chi connectivity index (χ2v) is 4.99. The summed E-state index contributed by atoms with van der Waals surface area (Å²) in [6.45, 7) is 0.107. The number of nitrogens with zero attached hydrogens (tertiary/aromatic N) is 2. The Kier molecular flexibility index (Phi) is 4.11. The molecule has 0 saturated heterocycles. The highest BCUT2D eigenvalue weighted by Gasteiger charge is 2.33. The van der Waals surface area contributed by atoms with Gasteiger partial charge in [-0.3, -0.25) is 14.5 Å². The van der Waals surface area contributed by atoms with Crippen molar-refractivity contribution in [2.45, 2.75) is 12.3 Å². The van der Waals surface area contributed by atoms with Gasteiger partial charge in [0.1, 0.15) is 6.54 Å². The van der Waals surface area contributed by atoms with E-state index in [1.807, 2.05) is 0 Å². The van der Waals surface area contributed by atoms with Crippen molar-refractivity contribution in [2.24, 2.45) is 5.73 Å². The Morgan fingerprint density at radius 3 is 2.67 bits per heavy atom. The Bertz CT molecular complexity index is 587. The normalized spacial score (nSPS) is 17.0. The lowest BCUT2D eigenvalue weighted by molar-refractivity contribution is -0.139. The van der Waals surface area contributed by atoms with Crippen molar-refractivity contribution in [3.8, 4) is 0 Å². The van der Waals surface area contributed by atoms with Crippen LogP contribution >= 0.6 is 0 Å². The number of nitrogens with two attached hydrogens (primary N) is 1. The fourth-order valence-corrected chi connectivity index (χ4v) is 2.52. The lowest BCUT2D eigenvalue weighted by atomic mass is 9.90. The number of carbonyl (C=O) groups excluding carboxylic acids is 2. The van der Waals surface area contributed by atoms with Gasteiger partial charge < -0.3 is 15.7 Å². The summed E-state index contributed by atoms with van der Waals surface area (Å²) in [4.78, 5) is 37.3. The molecule has 7 heteroatoms. The molecule has 1 heterocycles. The Labute approximate surface area is 121 Å². The van der Waals surface area contributed by atoms with Crippen LogP contribution in [0.15, 0.2) is 24.3 Å². The number of carboxylic acid groups (broad SMARTS) is 1. The van der Waals surface area contributed by atoms with Gasteiger partial charge in [0.2, 0.25) is 5.91 Å². The molecule has 21 heavy (non-hydrogen) atoms. The molecule has 3 amide bonds. The van der Waals surface area contributed by atoms with Crippen LogP contribution in [-0.4, -0.2) is 48.1 Å². The largest absolute Gasteiger partial charge is 0.481 e. The van der Waals surface area contributed by atoms with Crippen molar-refractivity contribution >= 4 is 23.6 Å². The van der Waals surface area contributed by atoms with E-state index in [1.165, 1.54) is 16.8 Å². The maximum absolute atomic E-state index is 12.4. The first-order valence-corrected chi connectivity index (χ1v) is 6.54. The summed E-state index contributed by atoms with van der Waals surface area (Å²) in [5.74, 6) is -2.12. The van der Waals surface area contributed by atoms with Crippen molar-refractivity contribution in [3.63, 3.8) is 0 Å². The monoisotopic (exact) mass is 291 g/mol. The third-order valence-electron chi connectivity index (χ3n) is 3.49. The number of likely N-dealkylation sites (N-methyl/N-ethyl adjacent to an activating group) is 1. The molecule has 2 rings (SSSR count). The van der Waals surface area contributed by atoms with E-state index >= 15 is 0 Å². The summed E-state index contributed by atoms with van der Waals surface area (Å²) in [6.07, 6.45) is 0.336. The Hall–Kier alpha value is -2.57. The molecule has 112 valence electrons. The second kappa shape index (κ2) is 5.82. The van der Waals surface area contributed by atoms with E-state index < -0.39 is 17.8 Å². The number of anilines is 1. The van der Waals surface area contributed by atoms with Crippen LogP contribution < -0.4 is 10.6 Å². The predicted molar refractivity (Wildman–Crippen MR) is 76.0 cm³/mol. The highest BCUT2D eigenvalue weighted by atomic mass is 16.4. The van der Waals surface area contributed by atoms with E-state index in [1.54, 1.807) is 24.3 Å². The molecular formula is C14H17N3O4. The Balaban J connectivity index is 2.30. The van der Waals surface area contributed by atoms with E-state index in [9.17, 15) is 19.5 Å². The minimum absolute atomic E-state index is 0.181. The number of hydrogen-bond donors (Lipinski definition) is 2. The summed E-state index contributed by atoms with van der Waals surface area (Å²) in [7, 11) is 1.49. The van der Waals surface area contributed by atoms with Crippen molar-refractivity contribution in [1.82, 2.24) is 4.90 Å².